The predicted octanol–water partition coefficient (Wildman–Crippen LogP) is 7.77. The molecule has 0 aromatic heterocycles. The van der Waals surface area contributed by atoms with E-state index in [4.69, 9.17) is 60.5 Å². The first-order valence-corrected chi connectivity index (χ1v) is 21.5. The van der Waals surface area contributed by atoms with E-state index >= 15 is 0 Å². The van der Waals surface area contributed by atoms with Gasteiger partial charge in [-0.05, 0) is 76.1 Å². The van der Waals surface area contributed by atoms with Crippen LogP contribution >= 0.6 is 23.2 Å². The molecule has 0 aromatic carbocycles. The molecule has 4 heterocycles. The summed E-state index contributed by atoms with van der Waals surface area (Å²) in [6.07, 6.45) is -0.519. The van der Waals surface area contributed by atoms with Crippen LogP contribution in [0.2, 0.25) is 36.3 Å². The topological polar surface area (TPSA) is 73.8 Å². The number of hydrogen-bond donors (Lipinski definition) is 0. The summed E-state index contributed by atoms with van der Waals surface area (Å²) in [5, 5.41) is 0.842. The SMILES string of the molecule is CC1(C)O[C@H]2O[C@H](/C(Cl)=C/C=C(\Cl)[C@H]3O[C@@H]4OC(C)(C)O[C@@H]4[C@@H]3O[Si](C)(C)C(C)(C)C)[C@@H](O[Si](C)(C)C(C)(C)C)[C@H]2O1. The van der Waals surface area contributed by atoms with Gasteiger partial charge in [-0.2, -0.15) is 0 Å². The minimum absolute atomic E-state index is 0.0141. The Morgan fingerprint density at radius 3 is 1.21 bits per heavy atom. The van der Waals surface area contributed by atoms with Gasteiger partial charge in [-0.1, -0.05) is 64.7 Å². The van der Waals surface area contributed by atoms with E-state index in [1.165, 1.54) is 0 Å². The Kier molecular flexibility index (Phi) is 9.55. The summed E-state index contributed by atoms with van der Waals surface area (Å²) in [7, 11) is -4.41. The van der Waals surface area contributed by atoms with Crippen LogP contribution in [0.25, 0.3) is 0 Å². The lowest BCUT2D eigenvalue weighted by atomic mass is 10.1. The monoisotopic (exact) mass is 666 g/mol. The molecular weight excluding hydrogens is 615 g/mol. The highest BCUT2D eigenvalue weighted by Crippen LogP contribution is 2.47. The molecule has 4 fully saturated rings. The third-order valence-electron chi connectivity index (χ3n) is 9.40. The minimum Gasteiger partial charge on any atom is -0.408 e. The van der Waals surface area contributed by atoms with Crippen molar-refractivity contribution in [2.75, 3.05) is 0 Å². The van der Waals surface area contributed by atoms with E-state index in [0.29, 0.717) is 10.1 Å². The van der Waals surface area contributed by atoms with Crippen molar-refractivity contribution in [3.8, 4) is 0 Å². The molecule has 0 radical (unpaired) electrons. The van der Waals surface area contributed by atoms with Gasteiger partial charge in [0.25, 0.3) is 0 Å². The maximum absolute atomic E-state index is 6.94. The second kappa shape index (κ2) is 11.5. The lowest BCUT2D eigenvalue weighted by Crippen LogP contribution is -2.50. The van der Waals surface area contributed by atoms with E-state index in [1.54, 1.807) is 12.2 Å². The zero-order valence-corrected chi connectivity index (χ0v) is 31.3. The van der Waals surface area contributed by atoms with Gasteiger partial charge in [0.15, 0.2) is 40.8 Å². The van der Waals surface area contributed by atoms with Gasteiger partial charge >= 0.3 is 0 Å². The summed E-state index contributed by atoms with van der Waals surface area (Å²) in [6.45, 7) is 29.5. The molecule has 0 aromatic rings. The molecule has 4 aliphatic rings. The first-order chi connectivity index (χ1) is 18.8. The Labute approximate surface area is 264 Å². The van der Waals surface area contributed by atoms with Crippen LogP contribution in [0.4, 0.5) is 0 Å². The second-order valence-corrected chi connectivity index (χ2v) is 26.2. The van der Waals surface area contributed by atoms with Gasteiger partial charge in [0.2, 0.25) is 0 Å². The van der Waals surface area contributed by atoms with Gasteiger partial charge in [-0.3, -0.25) is 0 Å². The molecule has 8 atom stereocenters. The summed E-state index contributed by atoms with van der Waals surface area (Å²) < 4.78 is 50.9. The summed E-state index contributed by atoms with van der Waals surface area (Å²) >= 11 is 13.9. The normalized spacial score (nSPS) is 37.3. The fourth-order valence-corrected chi connectivity index (χ4v) is 8.10. The molecule has 0 saturated carbocycles. The Morgan fingerprint density at radius 1 is 0.619 bits per heavy atom. The molecule has 242 valence electrons. The van der Waals surface area contributed by atoms with E-state index < -0.39 is 77.4 Å². The first kappa shape index (κ1) is 35.0. The molecule has 42 heavy (non-hydrogen) atoms. The van der Waals surface area contributed by atoms with Crippen LogP contribution in [0.15, 0.2) is 22.2 Å². The van der Waals surface area contributed by atoms with Crippen molar-refractivity contribution in [1.29, 1.82) is 0 Å². The van der Waals surface area contributed by atoms with Crippen LogP contribution in [0, 0.1) is 0 Å². The number of fused-ring (bicyclic) bond motifs is 2. The largest absolute Gasteiger partial charge is 0.408 e. The molecule has 0 aliphatic carbocycles. The van der Waals surface area contributed by atoms with Gasteiger partial charge in [0.05, 0.1) is 0 Å². The van der Waals surface area contributed by atoms with Crippen LogP contribution in [0.1, 0.15) is 69.2 Å². The van der Waals surface area contributed by atoms with Gasteiger partial charge in [0, 0.05) is 10.1 Å². The number of hydrogen-bond acceptors (Lipinski definition) is 8. The Hall–Kier alpha value is 0.174. The van der Waals surface area contributed by atoms with Crippen molar-refractivity contribution >= 4 is 39.8 Å². The third kappa shape index (κ3) is 7.10. The molecule has 0 amide bonds. The van der Waals surface area contributed by atoms with Crippen molar-refractivity contribution in [3.05, 3.63) is 22.2 Å². The van der Waals surface area contributed by atoms with Crippen molar-refractivity contribution in [3.63, 3.8) is 0 Å². The quantitative estimate of drug-likeness (QED) is 0.202. The maximum atomic E-state index is 6.94. The third-order valence-corrected chi connectivity index (χ3v) is 19.0. The van der Waals surface area contributed by atoms with Gasteiger partial charge in [0.1, 0.15) is 36.6 Å². The van der Waals surface area contributed by atoms with Gasteiger partial charge in [-0.25, -0.2) is 0 Å². The van der Waals surface area contributed by atoms with Crippen LogP contribution in [-0.4, -0.2) is 77.4 Å². The fraction of sp³-hybridized carbons (Fsp3) is 0.867. The van der Waals surface area contributed by atoms with E-state index in [9.17, 15) is 0 Å². The second-order valence-electron chi connectivity index (χ2n) is 15.8. The van der Waals surface area contributed by atoms with E-state index in [1.807, 2.05) is 27.7 Å². The number of halogens is 2. The minimum atomic E-state index is -2.21. The smallest absolute Gasteiger partial charge is 0.192 e. The van der Waals surface area contributed by atoms with Crippen LogP contribution in [0.5, 0.6) is 0 Å². The summed E-state index contributed by atoms with van der Waals surface area (Å²) in [4.78, 5) is 0. The van der Waals surface area contributed by atoms with Gasteiger partial charge in [-0.15, -0.1) is 0 Å². The Balaban J connectivity index is 1.59. The molecule has 4 rings (SSSR count). The van der Waals surface area contributed by atoms with Gasteiger partial charge < -0.3 is 37.3 Å². The Morgan fingerprint density at radius 2 is 0.929 bits per heavy atom. The summed E-state index contributed by atoms with van der Waals surface area (Å²) in [5.74, 6) is -1.55. The van der Waals surface area contributed by atoms with E-state index in [-0.39, 0.29) is 10.1 Å². The highest BCUT2D eigenvalue weighted by molar-refractivity contribution is 6.74. The van der Waals surface area contributed by atoms with Crippen LogP contribution in [-0.2, 0) is 37.3 Å². The predicted molar refractivity (Wildman–Crippen MR) is 169 cm³/mol. The Bertz CT molecular complexity index is 994. The highest BCUT2D eigenvalue weighted by atomic mass is 35.5. The molecule has 0 N–H and O–H groups in total. The number of allylic oxidation sites excluding steroid dienone is 2. The van der Waals surface area contributed by atoms with Crippen molar-refractivity contribution in [2.45, 2.75) is 166 Å². The molecule has 4 aliphatic heterocycles. The summed E-state index contributed by atoms with van der Waals surface area (Å²) in [6, 6.07) is 0. The first-order valence-electron chi connectivity index (χ1n) is 14.9. The van der Waals surface area contributed by atoms with Crippen molar-refractivity contribution in [1.82, 2.24) is 0 Å². The van der Waals surface area contributed by atoms with Crippen molar-refractivity contribution < 1.29 is 37.3 Å². The van der Waals surface area contributed by atoms with E-state index in [2.05, 4.69) is 67.7 Å². The van der Waals surface area contributed by atoms with Crippen LogP contribution < -0.4 is 0 Å². The molecule has 8 nitrogen and oxygen atoms in total. The molecule has 0 unspecified atom stereocenters. The zero-order chi connectivity index (χ0) is 31.8. The lowest BCUT2D eigenvalue weighted by Gasteiger charge is -2.40. The molecule has 0 bridgehead atoms. The molecule has 0 spiro atoms. The average molecular weight is 668 g/mol. The average Bonchev–Trinajstić information content (AvgIpc) is 3.47. The molecule has 12 heteroatoms. The number of ether oxygens (including phenoxy) is 6. The van der Waals surface area contributed by atoms with Crippen molar-refractivity contribution in [2.24, 2.45) is 0 Å². The van der Waals surface area contributed by atoms with E-state index in [0.717, 1.165) is 0 Å². The zero-order valence-electron chi connectivity index (χ0n) is 27.8. The maximum Gasteiger partial charge on any atom is 0.192 e. The van der Waals surface area contributed by atoms with Crippen LogP contribution in [0.3, 0.4) is 0 Å². The standard InChI is InChI=1S/C30H52Cl2O8Si2/c1-27(2,3)41(11,12)39-21-19(33-25-23(21)35-29(7,8)37-25)17(31)15-16-18(32)20-22(40-42(13,14)28(4,5)6)24-26(34-20)38-30(9,10)36-24/h15-16,19-26H,1-14H3/b17-15-,18-16-/t19-,20-,21-,22-,23-,24-,25-,26-/m1/s1. The number of rotatable bonds is 7. The fourth-order valence-electron chi connectivity index (χ4n) is 5.04. The summed E-state index contributed by atoms with van der Waals surface area (Å²) in [5.41, 5.74) is 0. The molecule has 4 saturated heterocycles. The lowest BCUT2D eigenvalue weighted by molar-refractivity contribution is -0.209. The molecular formula is C30H52Cl2O8Si2. The highest BCUT2D eigenvalue weighted by Gasteiger charge is 2.59.